The maximum Gasteiger partial charge on any atom is 0.262 e. The van der Waals surface area contributed by atoms with Gasteiger partial charge in [0.1, 0.15) is 0 Å². The van der Waals surface area contributed by atoms with E-state index >= 15 is 0 Å². The van der Waals surface area contributed by atoms with E-state index in [4.69, 9.17) is 5.41 Å². The van der Waals surface area contributed by atoms with Gasteiger partial charge in [-0.1, -0.05) is 18.2 Å². The molecule has 0 saturated heterocycles. The molecule has 2 heterocycles. The van der Waals surface area contributed by atoms with Crippen molar-refractivity contribution in [2.75, 3.05) is 0 Å². The number of benzene rings is 1. The standard InChI is InChI=1S/C14H11N5O/c1-8-11-12(19(7-15)14(16)17-8)9-5-3-4-6-10(9)18(2)13(11)20/h3-6,16H,1-2H3. The average molecular weight is 265 g/mol. The zero-order valence-electron chi connectivity index (χ0n) is 11.0. The van der Waals surface area contributed by atoms with Gasteiger partial charge in [-0.25, -0.2) is 9.55 Å². The molecule has 6 heteroatoms. The average Bonchev–Trinajstić information content (AvgIpc) is 2.44. The van der Waals surface area contributed by atoms with E-state index in [1.165, 1.54) is 4.57 Å². The van der Waals surface area contributed by atoms with E-state index < -0.39 is 0 Å². The molecule has 1 aromatic carbocycles. The highest BCUT2D eigenvalue weighted by molar-refractivity contribution is 6.04. The summed E-state index contributed by atoms with van der Waals surface area (Å²) in [6.45, 7) is 1.68. The second-order valence-corrected chi connectivity index (χ2v) is 4.56. The molecule has 3 aromatic rings. The van der Waals surface area contributed by atoms with Gasteiger partial charge < -0.3 is 4.57 Å². The minimum Gasteiger partial charge on any atom is -0.311 e. The van der Waals surface area contributed by atoms with Gasteiger partial charge in [-0.05, 0) is 13.0 Å². The Kier molecular flexibility index (Phi) is 2.44. The first kappa shape index (κ1) is 12.1. The Morgan fingerprint density at radius 2 is 2.05 bits per heavy atom. The van der Waals surface area contributed by atoms with Crippen LogP contribution in [0.15, 0.2) is 29.1 Å². The van der Waals surface area contributed by atoms with Crippen molar-refractivity contribution in [2.45, 2.75) is 6.92 Å². The number of para-hydroxylation sites is 1. The number of hydrogen-bond acceptors (Lipinski definition) is 4. The quantitative estimate of drug-likeness (QED) is 0.615. The van der Waals surface area contributed by atoms with Crippen LogP contribution in [0.2, 0.25) is 0 Å². The Morgan fingerprint density at radius 1 is 1.35 bits per heavy atom. The fourth-order valence-corrected chi connectivity index (χ4v) is 2.51. The van der Waals surface area contributed by atoms with E-state index in [0.717, 1.165) is 15.5 Å². The number of pyridine rings is 1. The molecule has 0 aliphatic rings. The Morgan fingerprint density at radius 3 is 2.75 bits per heavy atom. The van der Waals surface area contributed by atoms with E-state index in [9.17, 15) is 10.1 Å². The number of nitrogens with zero attached hydrogens (tertiary/aromatic N) is 4. The van der Waals surface area contributed by atoms with Gasteiger partial charge in [0, 0.05) is 12.4 Å². The normalized spacial score (nSPS) is 10.8. The zero-order chi connectivity index (χ0) is 14.4. The summed E-state index contributed by atoms with van der Waals surface area (Å²) in [5.74, 6) is 0. The van der Waals surface area contributed by atoms with Crippen molar-refractivity contribution in [3.05, 3.63) is 45.9 Å². The van der Waals surface area contributed by atoms with E-state index in [1.807, 2.05) is 30.5 Å². The van der Waals surface area contributed by atoms with E-state index in [0.29, 0.717) is 16.6 Å². The molecule has 98 valence electrons. The highest BCUT2D eigenvalue weighted by atomic mass is 16.1. The van der Waals surface area contributed by atoms with Gasteiger partial charge in [-0.3, -0.25) is 10.2 Å². The molecule has 0 amide bonds. The summed E-state index contributed by atoms with van der Waals surface area (Å²) in [5.41, 5.74) is 1.24. The first-order chi connectivity index (χ1) is 9.56. The molecule has 6 nitrogen and oxygen atoms in total. The van der Waals surface area contributed by atoms with Gasteiger partial charge in [0.05, 0.1) is 22.1 Å². The highest BCUT2D eigenvalue weighted by Gasteiger charge is 2.15. The third kappa shape index (κ3) is 1.40. The molecule has 0 atom stereocenters. The van der Waals surface area contributed by atoms with Crippen molar-refractivity contribution < 1.29 is 0 Å². The summed E-state index contributed by atoms with van der Waals surface area (Å²) in [4.78, 5) is 16.5. The lowest BCUT2D eigenvalue weighted by atomic mass is 10.1. The smallest absolute Gasteiger partial charge is 0.262 e. The summed E-state index contributed by atoms with van der Waals surface area (Å²) >= 11 is 0. The van der Waals surface area contributed by atoms with Crippen LogP contribution < -0.4 is 11.2 Å². The van der Waals surface area contributed by atoms with Crippen LogP contribution in [-0.4, -0.2) is 14.1 Å². The van der Waals surface area contributed by atoms with Gasteiger partial charge >= 0.3 is 0 Å². The molecule has 0 aliphatic carbocycles. The summed E-state index contributed by atoms with van der Waals surface area (Å²) in [6, 6.07) is 7.33. The van der Waals surface area contributed by atoms with Crippen LogP contribution in [0.4, 0.5) is 0 Å². The number of aromatic nitrogens is 3. The van der Waals surface area contributed by atoms with Crippen molar-refractivity contribution in [3.8, 4) is 6.19 Å². The first-order valence-corrected chi connectivity index (χ1v) is 6.02. The largest absolute Gasteiger partial charge is 0.311 e. The fraction of sp³-hybridized carbons (Fsp3) is 0.143. The van der Waals surface area contributed by atoms with Crippen LogP contribution in [0.3, 0.4) is 0 Å². The molecule has 0 radical (unpaired) electrons. The molecule has 0 bridgehead atoms. The van der Waals surface area contributed by atoms with Crippen LogP contribution in [0.1, 0.15) is 5.69 Å². The predicted molar refractivity (Wildman–Crippen MR) is 74.1 cm³/mol. The molecular weight excluding hydrogens is 254 g/mol. The predicted octanol–water partition coefficient (Wildman–Crippen LogP) is 1.01. The van der Waals surface area contributed by atoms with E-state index in [1.54, 1.807) is 14.0 Å². The lowest BCUT2D eigenvalue weighted by molar-refractivity contribution is 0.864. The molecule has 0 aliphatic heterocycles. The molecule has 20 heavy (non-hydrogen) atoms. The minimum atomic E-state index is -0.215. The zero-order valence-corrected chi connectivity index (χ0v) is 11.0. The van der Waals surface area contributed by atoms with Crippen LogP contribution >= 0.6 is 0 Å². The van der Waals surface area contributed by atoms with E-state index in [-0.39, 0.29) is 11.2 Å². The van der Waals surface area contributed by atoms with Crippen LogP contribution in [-0.2, 0) is 7.05 Å². The maximum absolute atomic E-state index is 12.5. The second kappa shape index (κ2) is 4.03. The molecule has 0 spiro atoms. The molecule has 3 rings (SSSR count). The molecule has 0 saturated carbocycles. The fourth-order valence-electron chi connectivity index (χ4n) is 2.51. The van der Waals surface area contributed by atoms with Gasteiger partial charge in [0.15, 0.2) is 6.19 Å². The number of fused-ring (bicyclic) bond motifs is 3. The molecule has 1 N–H and O–H groups in total. The molecule has 2 aromatic heterocycles. The third-order valence-corrected chi connectivity index (χ3v) is 3.45. The van der Waals surface area contributed by atoms with Crippen molar-refractivity contribution in [1.82, 2.24) is 14.1 Å². The van der Waals surface area contributed by atoms with Gasteiger partial charge in [0.2, 0.25) is 5.62 Å². The topological polar surface area (TPSA) is 87.5 Å². The number of nitrogens with one attached hydrogen (secondary N) is 1. The van der Waals surface area contributed by atoms with E-state index in [2.05, 4.69) is 4.98 Å². The second-order valence-electron chi connectivity index (χ2n) is 4.56. The van der Waals surface area contributed by atoms with Crippen molar-refractivity contribution >= 4 is 21.8 Å². The SMILES string of the molecule is Cc1nc(=N)n(C#N)c2c1c(=O)n(C)c1ccccc12. The number of nitriles is 1. The number of aryl methyl sites for hydroxylation is 2. The summed E-state index contributed by atoms with van der Waals surface area (Å²) in [5, 5.41) is 18.2. The van der Waals surface area contributed by atoms with Crippen LogP contribution in [0.5, 0.6) is 0 Å². The first-order valence-electron chi connectivity index (χ1n) is 6.02. The monoisotopic (exact) mass is 265 g/mol. The number of rotatable bonds is 0. The van der Waals surface area contributed by atoms with Crippen molar-refractivity contribution in [2.24, 2.45) is 7.05 Å². The van der Waals surface area contributed by atoms with Crippen LogP contribution in [0, 0.1) is 23.8 Å². The van der Waals surface area contributed by atoms with Crippen LogP contribution in [0.25, 0.3) is 21.8 Å². The highest BCUT2D eigenvalue weighted by Crippen LogP contribution is 2.21. The molecule has 0 fully saturated rings. The Hall–Kier alpha value is -2.94. The lowest BCUT2D eigenvalue weighted by Crippen LogP contribution is -2.27. The Balaban J connectivity index is 2.86. The summed E-state index contributed by atoms with van der Waals surface area (Å²) in [7, 11) is 1.69. The Bertz CT molecular complexity index is 1020. The lowest BCUT2D eigenvalue weighted by Gasteiger charge is -2.11. The third-order valence-electron chi connectivity index (χ3n) is 3.45. The van der Waals surface area contributed by atoms with Gasteiger partial charge in [0.25, 0.3) is 5.56 Å². The summed E-state index contributed by atoms with van der Waals surface area (Å²) in [6.07, 6.45) is 1.92. The minimum absolute atomic E-state index is 0.170. The Labute approximate surface area is 113 Å². The molecular formula is C14H11N5O. The summed E-state index contributed by atoms with van der Waals surface area (Å²) < 4.78 is 2.63. The van der Waals surface area contributed by atoms with Crippen molar-refractivity contribution in [3.63, 3.8) is 0 Å². The maximum atomic E-state index is 12.5. The van der Waals surface area contributed by atoms with Crippen molar-refractivity contribution in [1.29, 1.82) is 10.7 Å². The van der Waals surface area contributed by atoms with Gasteiger partial charge in [-0.2, -0.15) is 5.26 Å². The number of hydrogen-bond donors (Lipinski definition) is 1. The molecule has 0 unspecified atom stereocenters. The van der Waals surface area contributed by atoms with Gasteiger partial charge in [-0.15, -0.1) is 0 Å².